The molecule has 0 spiro atoms. The zero-order chi connectivity index (χ0) is 26.1. The van der Waals surface area contributed by atoms with Gasteiger partial charge in [0.15, 0.2) is 19.5 Å². The van der Waals surface area contributed by atoms with E-state index in [0.29, 0.717) is 17.6 Å². The van der Waals surface area contributed by atoms with E-state index in [1.165, 1.54) is 0 Å². The Hall–Kier alpha value is -2.55. The summed E-state index contributed by atoms with van der Waals surface area (Å²) in [6, 6.07) is 2.09. The third kappa shape index (κ3) is 5.99. The monoisotopic (exact) mass is 502 g/mol. The number of imidazole rings is 1. The molecule has 10 nitrogen and oxygen atoms in total. The smallest absolute Gasteiger partial charge is 0.247 e. The lowest BCUT2D eigenvalue weighted by Crippen LogP contribution is -2.45. The van der Waals surface area contributed by atoms with Crippen LogP contribution in [0, 0.1) is 17.2 Å². The number of aromatic nitrogens is 4. The van der Waals surface area contributed by atoms with Crippen LogP contribution in [0.5, 0.6) is 5.88 Å². The Labute approximate surface area is 208 Å². The van der Waals surface area contributed by atoms with Crippen molar-refractivity contribution in [1.29, 1.82) is 5.26 Å². The zero-order valence-corrected chi connectivity index (χ0v) is 23.2. The van der Waals surface area contributed by atoms with Crippen LogP contribution in [0.25, 0.3) is 11.2 Å². The maximum atomic E-state index is 12.3. The van der Waals surface area contributed by atoms with Crippen molar-refractivity contribution >= 4 is 31.3 Å². The number of hydrogen-bond acceptors (Lipinski definition) is 8. The Kier molecular flexibility index (Phi) is 7.88. The molecule has 1 saturated heterocycles. The first-order chi connectivity index (χ1) is 16.2. The molecular weight excluding hydrogens is 464 g/mol. The van der Waals surface area contributed by atoms with Gasteiger partial charge in [0.25, 0.3) is 0 Å². The normalized spacial score (nSPS) is 21.8. The summed E-state index contributed by atoms with van der Waals surface area (Å²) in [5.41, 5.74) is 0.936. The number of carbonyl (C=O) groups excluding carboxylic acids is 1. The van der Waals surface area contributed by atoms with Crippen LogP contribution in [0.15, 0.2) is 6.33 Å². The Morgan fingerprint density at radius 3 is 2.63 bits per heavy atom. The molecule has 4 atom stereocenters. The fourth-order valence-corrected chi connectivity index (χ4v) is 4.91. The molecule has 1 amide bonds. The lowest BCUT2D eigenvalue weighted by atomic mass is 10.2. The minimum atomic E-state index is -1.98. The molecule has 1 aliphatic heterocycles. The summed E-state index contributed by atoms with van der Waals surface area (Å²) in [5, 5.41) is 11.9. The molecule has 3 rings (SSSR count). The van der Waals surface area contributed by atoms with E-state index in [0.717, 1.165) is 0 Å². The molecule has 1 fully saturated rings. The van der Waals surface area contributed by atoms with E-state index >= 15 is 0 Å². The third-order valence-corrected chi connectivity index (χ3v) is 11.2. The van der Waals surface area contributed by atoms with Crippen molar-refractivity contribution in [2.75, 3.05) is 5.32 Å². The lowest BCUT2D eigenvalue weighted by molar-refractivity contribution is -0.118. The van der Waals surface area contributed by atoms with E-state index in [1.807, 2.05) is 11.5 Å². The number of nitriles is 1. The van der Waals surface area contributed by atoms with Gasteiger partial charge in [-0.2, -0.15) is 15.2 Å². The van der Waals surface area contributed by atoms with E-state index in [-0.39, 0.29) is 53.5 Å². The maximum Gasteiger partial charge on any atom is 0.247 e. The fourth-order valence-electron chi connectivity index (χ4n) is 3.51. The van der Waals surface area contributed by atoms with Gasteiger partial charge in [-0.25, -0.2) is 4.98 Å². The molecule has 11 heteroatoms. The van der Waals surface area contributed by atoms with Crippen LogP contribution in [0.2, 0.25) is 18.1 Å². The van der Waals surface area contributed by atoms with Crippen molar-refractivity contribution in [3.63, 3.8) is 0 Å². The molecule has 0 bridgehead atoms. The van der Waals surface area contributed by atoms with Crippen molar-refractivity contribution in [2.24, 2.45) is 5.92 Å². The van der Waals surface area contributed by atoms with Crippen LogP contribution in [-0.2, 0) is 14.0 Å². The van der Waals surface area contributed by atoms with Crippen LogP contribution in [0.1, 0.15) is 67.5 Å². The van der Waals surface area contributed by atoms with Gasteiger partial charge >= 0.3 is 0 Å². The highest BCUT2D eigenvalue weighted by atomic mass is 28.4. The molecule has 192 valence electrons. The SMILES string of the molecule is CC(C)C(=O)Nc1nc(O[C@H](C)CC#N)c2ncn([C@H]3C[C@H](O[Si](C)(C)C(C)(C)C)[C@@H](C)O3)c2n1. The largest absolute Gasteiger partial charge is 0.472 e. The fraction of sp³-hybridized carbons (Fsp3) is 0.708. The second kappa shape index (κ2) is 10.2. The van der Waals surface area contributed by atoms with Crippen molar-refractivity contribution in [3.05, 3.63) is 6.33 Å². The van der Waals surface area contributed by atoms with E-state index < -0.39 is 14.4 Å². The quantitative estimate of drug-likeness (QED) is 0.510. The molecule has 2 aromatic heterocycles. The second-order valence-corrected chi connectivity index (χ2v) is 15.8. The van der Waals surface area contributed by atoms with Gasteiger partial charge in [-0.1, -0.05) is 34.6 Å². The van der Waals surface area contributed by atoms with Gasteiger partial charge in [0.2, 0.25) is 17.7 Å². The minimum absolute atomic E-state index is 0.0494. The highest BCUT2D eigenvalue weighted by Gasteiger charge is 2.44. The Balaban J connectivity index is 1.95. The third-order valence-electron chi connectivity index (χ3n) is 6.73. The number of nitrogens with one attached hydrogen (secondary N) is 1. The summed E-state index contributed by atoms with van der Waals surface area (Å²) < 4.78 is 20.7. The average molecular weight is 503 g/mol. The summed E-state index contributed by atoms with van der Waals surface area (Å²) in [7, 11) is -1.98. The zero-order valence-electron chi connectivity index (χ0n) is 22.2. The van der Waals surface area contributed by atoms with E-state index in [1.54, 1.807) is 27.1 Å². The molecule has 3 heterocycles. The number of amides is 1. The predicted octanol–water partition coefficient (Wildman–Crippen LogP) is 4.80. The van der Waals surface area contributed by atoms with Crippen LogP contribution in [-0.4, -0.2) is 52.1 Å². The van der Waals surface area contributed by atoms with Crippen LogP contribution >= 0.6 is 0 Å². The summed E-state index contributed by atoms with van der Waals surface area (Å²) in [4.78, 5) is 25.8. The van der Waals surface area contributed by atoms with E-state index in [2.05, 4.69) is 60.2 Å². The molecule has 35 heavy (non-hydrogen) atoms. The van der Waals surface area contributed by atoms with E-state index in [4.69, 9.17) is 19.2 Å². The van der Waals surface area contributed by atoms with Gasteiger partial charge in [0.1, 0.15) is 12.3 Å². The van der Waals surface area contributed by atoms with Gasteiger partial charge in [0, 0.05) is 12.3 Å². The van der Waals surface area contributed by atoms with Crippen molar-refractivity contribution < 1.29 is 18.7 Å². The molecule has 1 aliphatic rings. The lowest BCUT2D eigenvalue weighted by Gasteiger charge is -2.39. The standard InChI is InChI=1S/C24H38N6O4Si/c1-14(2)21(31)28-23-27-20-19(22(29-23)32-15(3)10-11-25)26-13-30(20)18-12-17(16(4)33-18)34-35(8,9)24(5,6)7/h13-18H,10,12H2,1-9H3,(H,27,28,29,31)/t15-,16-,17+,18-/m1/s1. The Morgan fingerprint density at radius 2 is 2.03 bits per heavy atom. The van der Waals surface area contributed by atoms with Gasteiger partial charge in [-0.05, 0) is 32.0 Å². The van der Waals surface area contributed by atoms with Crippen LogP contribution < -0.4 is 10.1 Å². The summed E-state index contributed by atoms with van der Waals surface area (Å²) in [6.45, 7) is 18.5. The average Bonchev–Trinajstić information content (AvgIpc) is 3.30. The number of ether oxygens (including phenoxy) is 2. The molecule has 0 unspecified atom stereocenters. The van der Waals surface area contributed by atoms with E-state index in [9.17, 15) is 4.79 Å². The number of fused-ring (bicyclic) bond motifs is 1. The van der Waals surface area contributed by atoms with Crippen molar-refractivity contribution in [3.8, 4) is 11.9 Å². The predicted molar refractivity (Wildman–Crippen MR) is 135 cm³/mol. The van der Waals surface area contributed by atoms with Gasteiger partial charge in [-0.15, -0.1) is 0 Å². The maximum absolute atomic E-state index is 12.3. The first-order valence-electron chi connectivity index (χ1n) is 12.2. The molecular formula is C24H38N6O4Si. The number of anilines is 1. The molecule has 0 aromatic carbocycles. The van der Waals surface area contributed by atoms with Crippen molar-refractivity contribution in [2.45, 2.75) is 104 Å². The topological polar surface area (TPSA) is 124 Å². The number of rotatable bonds is 8. The number of carbonyl (C=O) groups is 1. The van der Waals surface area contributed by atoms with Crippen LogP contribution in [0.4, 0.5) is 5.95 Å². The summed E-state index contributed by atoms with van der Waals surface area (Å²) in [5.74, 6) is -0.110. The highest BCUT2D eigenvalue weighted by Crippen LogP contribution is 2.41. The van der Waals surface area contributed by atoms with Gasteiger partial charge < -0.3 is 13.9 Å². The molecule has 0 saturated carbocycles. The Bertz CT molecular complexity index is 1100. The number of hydrogen-bond donors (Lipinski definition) is 1. The second-order valence-electron chi connectivity index (χ2n) is 11.1. The molecule has 2 aromatic rings. The first kappa shape index (κ1) is 27.0. The molecule has 1 N–H and O–H groups in total. The Morgan fingerprint density at radius 1 is 1.34 bits per heavy atom. The molecule has 0 aliphatic carbocycles. The molecule has 0 radical (unpaired) electrons. The summed E-state index contributed by atoms with van der Waals surface area (Å²) >= 11 is 0. The van der Waals surface area contributed by atoms with Gasteiger partial charge in [-0.3, -0.25) is 14.7 Å². The minimum Gasteiger partial charge on any atom is -0.472 e. The number of nitrogens with zero attached hydrogens (tertiary/aromatic N) is 5. The van der Waals surface area contributed by atoms with Gasteiger partial charge in [0.05, 0.1) is 31.0 Å². The van der Waals surface area contributed by atoms with Crippen LogP contribution in [0.3, 0.4) is 0 Å². The highest BCUT2D eigenvalue weighted by molar-refractivity contribution is 6.74. The van der Waals surface area contributed by atoms with Crippen molar-refractivity contribution in [1.82, 2.24) is 19.5 Å². The first-order valence-corrected chi connectivity index (χ1v) is 15.1. The summed E-state index contributed by atoms with van der Waals surface area (Å²) in [6.07, 6.45) is 1.61.